The van der Waals surface area contributed by atoms with Crippen LogP contribution in [-0.2, 0) is 5.41 Å². The van der Waals surface area contributed by atoms with E-state index >= 15 is 0 Å². The second-order valence-electron chi connectivity index (χ2n) is 6.55. The van der Waals surface area contributed by atoms with Gasteiger partial charge in [-0.3, -0.25) is 0 Å². The lowest BCUT2D eigenvalue weighted by Crippen LogP contribution is -2.36. The van der Waals surface area contributed by atoms with Gasteiger partial charge in [0.25, 0.3) is 0 Å². The summed E-state index contributed by atoms with van der Waals surface area (Å²) in [4.78, 5) is 7.53. The standard InChI is InChI=1S/C15H21BrN4/c1-15(2,3)13-9-12-14(17-6-8-20(12)18-13)19-7-4-5-11(16)10-19/h6,8-9,11H,4-5,7,10H2,1-3H3. The first kappa shape index (κ1) is 13.9. The average Bonchev–Trinajstić information content (AvgIpc) is 2.82. The van der Waals surface area contributed by atoms with E-state index in [4.69, 9.17) is 5.10 Å². The molecule has 1 aliphatic rings. The van der Waals surface area contributed by atoms with E-state index in [1.807, 2.05) is 16.9 Å². The predicted molar refractivity (Wildman–Crippen MR) is 85.8 cm³/mol. The third-order valence-corrected chi connectivity index (χ3v) is 4.55. The fraction of sp³-hybridized carbons (Fsp3) is 0.600. The molecule has 1 unspecified atom stereocenters. The first-order valence-electron chi connectivity index (χ1n) is 7.19. The Bertz CT molecular complexity index is 614. The molecule has 3 rings (SSSR count). The average molecular weight is 337 g/mol. The maximum absolute atomic E-state index is 4.70. The first-order valence-corrected chi connectivity index (χ1v) is 8.10. The summed E-state index contributed by atoms with van der Waals surface area (Å²) in [6.45, 7) is 8.67. The number of halogens is 1. The van der Waals surface area contributed by atoms with Crippen LogP contribution in [0.1, 0.15) is 39.3 Å². The number of anilines is 1. The summed E-state index contributed by atoms with van der Waals surface area (Å²) in [7, 11) is 0. The highest BCUT2D eigenvalue weighted by molar-refractivity contribution is 9.09. The van der Waals surface area contributed by atoms with Crippen molar-refractivity contribution in [2.45, 2.75) is 43.9 Å². The molecule has 2 aromatic heterocycles. The molecule has 0 aromatic carbocycles. The van der Waals surface area contributed by atoms with Crippen LogP contribution >= 0.6 is 15.9 Å². The van der Waals surface area contributed by atoms with Gasteiger partial charge in [-0.2, -0.15) is 5.10 Å². The van der Waals surface area contributed by atoms with Crippen LogP contribution in [0.2, 0.25) is 0 Å². The Kier molecular flexibility index (Phi) is 3.48. The lowest BCUT2D eigenvalue weighted by atomic mass is 9.92. The van der Waals surface area contributed by atoms with Crippen LogP contribution in [0.15, 0.2) is 18.5 Å². The molecule has 1 aliphatic heterocycles. The Hall–Kier alpha value is -1.10. The van der Waals surface area contributed by atoms with E-state index in [1.54, 1.807) is 0 Å². The van der Waals surface area contributed by atoms with Gasteiger partial charge in [0.05, 0.1) is 5.69 Å². The smallest absolute Gasteiger partial charge is 0.154 e. The number of rotatable bonds is 1. The van der Waals surface area contributed by atoms with Gasteiger partial charge >= 0.3 is 0 Å². The van der Waals surface area contributed by atoms with Gasteiger partial charge in [-0.25, -0.2) is 9.50 Å². The fourth-order valence-corrected chi connectivity index (χ4v) is 3.31. The number of piperidine rings is 1. The zero-order valence-corrected chi connectivity index (χ0v) is 13.9. The third kappa shape index (κ3) is 2.55. The van der Waals surface area contributed by atoms with Crippen LogP contribution < -0.4 is 4.90 Å². The van der Waals surface area contributed by atoms with Gasteiger partial charge in [0.15, 0.2) is 5.82 Å². The molecule has 1 saturated heterocycles. The van der Waals surface area contributed by atoms with Crippen molar-refractivity contribution in [1.82, 2.24) is 14.6 Å². The molecule has 0 N–H and O–H groups in total. The highest BCUT2D eigenvalue weighted by Crippen LogP contribution is 2.28. The maximum atomic E-state index is 4.70. The van der Waals surface area contributed by atoms with Gasteiger partial charge < -0.3 is 4.90 Å². The van der Waals surface area contributed by atoms with Gasteiger partial charge in [-0.15, -0.1) is 0 Å². The van der Waals surface area contributed by atoms with Crippen molar-refractivity contribution in [2.24, 2.45) is 0 Å². The molecule has 0 amide bonds. The topological polar surface area (TPSA) is 33.4 Å². The molecular weight excluding hydrogens is 316 g/mol. The molecule has 1 fully saturated rings. The van der Waals surface area contributed by atoms with Crippen molar-refractivity contribution in [3.05, 3.63) is 24.2 Å². The fourth-order valence-electron chi connectivity index (χ4n) is 2.64. The largest absolute Gasteiger partial charge is 0.354 e. The van der Waals surface area contributed by atoms with Crippen molar-refractivity contribution in [3.63, 3.8) is 0 Å². The van der Waals surface area contributed by atoms with Crippen LogP contribution in [0.3, 0.4) is 0 Å². The predicted octanol–water partition coefficient (Wildman–Crippen LogP) is 3.39. The minimum Gasteiger partial charge on any atom is -0.354 e. The molecule has 0 saturated carbocycles. The summed E-state index contributed by atoms with van der Waals surface area (Å²) < 4.78 is 1.96. The number of fused-ring (bicyclic) bond motifs is 1. The number of alkyl halides is 1. The van der Waals surface area contributed by atoms with Crippen LogP contribution in [-0.4, -0.2) is 32.5 Å². The number of aromatic nitrogens is 3. The van der Waals surface area contributed by atoms with E-state index in [2.05, 4.69) is 52.7 Å². The molecule has 0 aliphatic carbocycles. The SMILES string of the molecule is CC(C)(C)c1cc2c(N3CCCC(Br)C3)nccn2n1. The van der Waals surface area contributed by atoms with Gasteiger partial charge in [0, 0.05) is 35.7 Å². The highest BCUT2D eigenvalue weighted by atomic mass is 79.9. The first-order chi connectivity index (χ1) is 9.45. The van der Waals surface area contributed by atoms with Gasteiger partial charge in [-0.05, 0) is 18.9 Å². The lowest BCUT2D eigenvalue weighted by Gasteiger charge is -2.31. The van der Waals surface area contributed by atoms with Gasteiger partial charge in [0.2, 0.25) is 0 Å². The van der Waals surface area contributed by atoms with Crippen molar-refractivity contribution in [2.75, 3.05) is 18.0 Å². The molecule has 1 atom stereocenters. The number of hydrogen-bond donors (Lipinski definition) is 0. The van der Waals surface area contributed by atoms with Crippen LogP contribution in [0.4, 0.5) is 5.82 Å². The number of nitrogens with zero attached hydrogens (tertiary/aromatic N) is 4. The number of hydrogen-bond acceptors (Lipinski definition) is 3. The van der Waals surface area contributed by atoms with E-state index in [0.29, 0.717) is 4.83 Å². The third-order valence-electron chi connectivity index (χ3n) is 3.80. The van der Waals surface area contributed by atoms with Crippen molar-refractivity contribution in [1.29, 1.82) is 0 Å². The Morgan fingerprint density at radius 2 is 2.15 bits per heavy atom. The molecule has 0 spiro atoms. The monoisotopic (exact) mass is 336 g/mol. The lowest BCUT2D eigenvalue weighted by molar-refractivity contribution is 0.562. The summed E-state index contributed by atoms with van der Waals surface area (Å²) in [6.07, 6.45) is 6.23. The van der Waals surface area contributed by atoms with Crippen LogP contribution in [0.25, 0.3) is 5.52 Å². The summed E-state index contributed by atoms with van der Waals surface area (Å²) in [6, 6.07) is 2.18. The maximum Gasteiger partial charge on any atom is 0.154 e. The molecule has 5 heteroatoms. The molecule has 0 radical (unpaired) electrons. The molecular formula is C15H21BrN4. The Balaban J connectivity index is 2.04. The summed E-state index contributed by atoms with van der Waals surface area (Å²) in [5.41, 5.74) is 2.28. The molecule has 20 heavy (non-hydrogen) atoms. The molecule has 2 aromatic rings. The minimum absolute atomic E-state index is 0.0587. The van der Waals surface area contributed by atoms with E-state index < -0.39 is 0 Å². The van der Waals surface area contributed by atoms with E-state index in [0.717, 1.165) is 30.1 Å². The van der Waals surface area contributed by atoms with E-state index in [-0.39, 0.29) is 5.41 Å². The summed E-state index contributed by atoms with van der Waals surface area (Å²) in [5.74, 6) is 1.06. The van der Waals surface area contributed by atoms with Crippen molar-refractivity contribution < 1.29 is 0 Å². The molecule has 0 bridgehead atoms. The zero-order chi connectivity index (χ0) is 14.3. The highest BCUT2D eigenvalue weighted by Gasteiger charge is 2.23. The zero-order valence-electron chi connectivity index (χ0n) is 12.3. The van der Waals surface area contributed by atoms with E-state index in [1.165, 1.54) is 12.8 Å². The Labute approximate surface area is 128 Å². The second kappa shape index (κ2) is 5.02. The van der Waals surface area contributed by atoms with Crippen molar-refractivity contribution in [3.8, 4) is 0 Å². The van der Waals surface area contributed by atoms with Crippen LogP contribution in [0, 0.1) is 0 Å². The summed E-state index contributed by atoms with van der Waals surface area (Å²) >= 11 is 3.74. The molecule has 3 heterocycles. The minimum atomic E-state index is 0.0587. The Morgan fingerprint density at radius 3 is 2.85 bits per heavy atom. The summed E-state index contributed by atoms with van der Waals surface area (Å²) in [5, 5.41) is 4.70. The van der Waals surface area contributed by atoms with Crippen molar-refractivity contribution >= 4 is 27.3 Å². The second-order valence-corrected chi connectivity index (χ2v) is 7.84. The van der Waals surface area contributed by atoms with Gasteiger partial charge in [-0.1, -0.05) is 36.7 Å². The molecule has 108 valence electrons. The van der Waals surface area contributed by atoms with Gasteiger partial charge in [0.1, 0.15) is 5.52 Å². The molecule has 4 nitrogen and oxygen atoms in total. The quantitative estimate of drug-likeness (QED) is 0.748. The Morgan fingerprint density at radius 1 is 1.35 bits per heavy atom. The normalized spacial score (nSPS) is 20.6. The van der Waals surface area contributed by atoms with E-state index in [9.17, 15) is 0 Å². The van der Waals surface area contributed by atoms with Crippen LogP contribution in [0.5, 0.6) is 0 Å².